The third-order valence-electron chi connectivity index (χ3n) is 6.04. The number of carbonyl (C=O) groups excluding carboxylic acids is 2. The number of aromatic nitrogens is 1. The third-order valence-corrected chi connectivity index (χ3v) is 6.04. The smallest absolute Gasteiger partial charge is 0.260 e. The van der Waals surface area contributed by atoms with E-state index >= 15 is 0 Å². The molecule has 2 aromatic carbocycles. The summed E-state index contributed by atoms with van der Waals surface area (Å²) in [6.45, 7) is 5.02. The second-order valence-corrected chi connectivity index (χ2v) is 8.05. The lowest BCUT2D eigenvalue weighted by Gasteiger charge is -2.19. The highest BCUT2D eigenvalue weighted by molar-refractivity contribution is 6.07. The molecule has 0 bridgehead atoms. The monoisotopic (exact) mass is 425 g/mol. The molecular formula is C26H23N3O3. The van der Waals surface area contributed by atoms with E-state index in [2.05, 4.69) is 9.88 Å². The number of benzene rings is 2. The summed E-state index contributed by atoms with van der Waals surface area (Å²) in [6.07, 6.45) is 3.62. The Morgan fingerprint density at radius 1 is 0.938 bits per heavy atom. The summed E-state index contributed by atoms with van der Waals surface area (Å²) in [5.74, 6) is 0.257. The first-order chi connectivity index (χ1) is 15.5. The second kappa shape index (κ2) is 7.89. The van der Waals surface area contributed by atoms with Crippen molar-refractivity contribution < 1.29 is 14.0 Å². The lowest BCUT2D eigenvalue weighted by atomic mass is 10.0. The van der Waals surface area contributed by atoms with E-state index in [1.165, 1.54) is 0 Å². The molecule has 5 rings (SSSR count). The summed E-state index contributed by atoms with van der Waals surface area (Å²) in [6, 6.07) is 18.5. The number of hydrogen-bond donors (Lipinski definition) is 1. The van der Waals surface area contributed by atoms with Gasteiger partial charge < -0.3 is 14.3 Å². The molecule has 0 spiro atoms. The topological polar surface area (TPSA) is 67.5 Å². The first-order valence-corrected chi connectivity index (χ1v) is 10.5. The highest BCUT2D eigenvalue weighted by Crippen LogP contribution is 2.30. The molecule has 0 atom stereocenters. The molecule has 0 aliphatic carbocycles. The number of anilines is 2. The Kier molecular flexibility index (Phi) is 4.90. The van der Waals surface area contributed by atoms with Gasteiger partial charge in [-0.25, -0.2) is 0 Å². The predicted octanol–water partition coefficient (Wildman–Crippen LogP) is 5.16. The molecule has 6 nitrogen and oxygen atoms in total. The zero-order chi connectivity index (χ0) is 22.2. The van der Waals surface area contributed by atoms with E-state index in [0.717, 1.165) is 22.4 Å². The summed E-state index contributed by atoms with van der Waals surface area (Å²) < 4.78 is 7.79. The van der Waals surface area contributed by atoms with Crippen molar-refractivity contribution in [1.29, 1.82) is 0 Å². The fraction of sp³-hybridized carbons (Fsp3) is 0.154. The Bertz CT molecular complexity index is 1310. The predicted molar refractivity (Wildman–Crippen MR) is 123 cm³/mol. The molecule has 0 saturated carbocycles. The van der Waals surface area contributed by atoms with Gasteiger partial charge in [-0.05, 0) is 73.5 Å². The van der Waals surface area contributed by atoms with Gasteiger partial charge in [-0.15, -0.1) is 0 Å². The first kappa shape index (κ1) is 19.9. The van der Waals surface area contributed by atoms with Gasteiger partial charge in [0.05, 0.1) is 19.4 Å². The molecule has 1 aliphatic heterocycles. The van der Waals surface area contributed by atoms with Crippen LogP contribution in [0.1, 0.15) is 43.1 Å². The summed E-state index contributed by atoms with van der Waals surface area (Å²) >= 11 is 0. The lowest BCUT2D eigenvalue weighted by molar-refractivity contribution is 0.0979. The van der Waals surface area contributed by atoms with Crippen LogP contribution in [0, 0.1) is 13.8 Å². The van der Waals surface area contributed by atoms with Crippen LogP contribution in [0.25, 0.3) is 0 Å². The average molecular weight is 425 g/mol. The number of fused-ring (bicyclic) bond motifs is 2. The van der Waals surface area contributed by atoms with Crippen molar-refractivity contribution in [2.24, 2.45) is 0 Å². The van der Waals surface area contributed by atoms with E-state index in [0.29, 0.717) is 35.8 Å². The van der Waals surface area contributed by atoms with Gasteiger partial charge in [-0.3, -0.25) is 14.5 Å². The van der Waals surface area contributed by atoms with Crippen molar-refractivity contribution in [1.82, 2.24) is 4.57 Å². The SMILES string of the molecule is Cc1cccc(C(=O)Nc2ccc(C(=O)N3Cc4cccn4Cc4ccoc43)cc2)c1C. The number of hydrogen-bond acceptors (Lipinski definition) is 3. The molecule has 0 saturated heterocycles. The van der Waals surface area contributed by atoms with Gasteiger partial charge in [0.1, 0.15) is 0 Å². The Hall–Kier alpha value is -4.06. The molecule has 4 aromatic rings. The van der Waals surface area contributed by atoms with Crippen LogP contribution in [-0.2, 0) is 13.1 Å². The highest BCUT2D eigenvalue weighted by atomic mass is 16.3. The highest BCUT2D eigenvalue weighted by Gasteiger charge is 2.27. The van der Waals surface area contributed by atoms with E-state index in [4.69, 9.17) is 4.42 Å². The van der Waals surface area contributed by atoms with Gasteiger partial charge in [-0.1, -0.05) is 12.1 Å². The van der Waals surface area contributed by atoms with Crippen LogP contribution >= 0.6 is 0 Å². The maximum absolute atomic E-state index is 13.4. The van der Waals surface area contributed by atoms with Crippen molar-refractivity contribution in [3.63, 3.8) is 0 Å². The summed E-state index contributed by atoms with van der Waals surface area (Å²) in [7, 11) is 0. The van der Waals surface area contributed by atoms with Crippen LogP contribution in [0.15, 0.2) is 77.5 Å². The van der Waals surface area contributed by atoms with Gasteiger partial charge in [0.15, 0.2) is 0 Å². The zero-order valence-electron chi connectivity index (χ0n) is 18.0. The van der Waals surface area contributed by atoms with Crippen molar-refractivity contribution in [2.45, 2.75) is 26.9 Å². The quantitative estimate of drug-likeness (QED) is 0.493. The molecule has 2 aromatic heterocycles. The Morgan fingerprint density at radius 2 is 1.75 bits per heavy atom. The number of amides is 2. The average Bonchev–Trinajstić information content (AvgIpc) is 3.41. The fourth-order valence-corrected chi connectivity index (χ4v) is 4.06. The third kappa shape index (κ3) is 3.50. The van der Waals surface area contributed by atoms with Crippen LogP contribution in [0.2, 0.25) is 0 Å². The normalized spacial score (nSPS) is 12.6. The molecule has 6 heteroatoms. The standard InChI is InChI=1S/C26H23N3O3/c1-17-5-3-7-23(18(17)2)24(30)27-21-10-8-19(9-11-21)25(31)29-16-22-6-4-13-28(22)15-20-12-14-32-26(20)29/h3-14H,15-16H2,1-2H3,(H,27,30). The van der Waals surface area contributed by atoms with Crippen molar-refractivity contribution in [3.8, 4) is 0 Å². The zero-order valence-corrected chi connectivity index (χ0v) is 18.0. The lowest BCUT2D eigenvalue weighted by Crippen LogP contribution is -2.30. The molecule has 0 fully saturated rings. The van der Waals surface area contributed by atoms with Crippen LogP contribution in [0.4, 0.5) is 11.6 Å². The number of aryl methyl sites for hydroxylation is 1. The molecule has 3 heterocycles. The largest absolute Gasteiger partial charge is 0.448 e. The fourth-order valence-electron chi connectivity index (χ4n) is 4.06. The van der Waals surface area contributed by atoms with E-state index < -0.39 is 0 Å². The number of nitrogens with zero attached hydrogens (tertiary/aromatic N) is 2. The molecule has 1 aliphatic rings. The van der Waals surface area contributed by atoms with Gasteiger partial charge in [-0.2, -0.15) is 0 Å². The minimum atomic E-state index is -0.168. The van der Waals surface area contributed by atoms with Crippen molar-refractivity contribution in [2.75, 3.05) is 10.2 Å². The van der Waals surface area contributed by atoms with Gasteiger partial charge >= 0.3 is 0 Å². The number of furan rings is 1. The molecule has 0 unspecified atom stereocenters. The summed E-state index contributed by atoms with van der Waals surface area (Å²) in [5, 5.41) is 2.92. The molecule has 1 N–H and O–H groups in total. The Balaban J connectivity index is 1.37. The van der Waals surface area contributed by atoms with Crippen molar-refractivity contribution >= 4 is 23.4 Å². The van der Waals surface area contributed by atoms with Gasteiger partial charge in [0.25, 0.3) is 11.8 Å². The maximum atomic E-state index is 13.4. The Morgan fingerprint density at radius 3 is 2.56 bits per heavy atom. The first-order valence-electron chi connectivity index (χ1n) is 10.5. The minimum Gasteiger partial charge on any atom is -0.448 e. The van der Waals surface area contributed by atoms with Crippen LogP contribution in [0.3, 0.4) is 0 Å². The molecule has 160 valence electrons. The number of nitrogens with one attached hydrogen (secondary N) is 1. The maximum Gasteiger partial charge on any atom is 0.260 e. The number of rotatable bonds is 3. The van der Waals surface area contributed by atoms with E-state index in [1.54, 1.807) is 35.4 Å². The summed E-state index contributed by atoms with van der Waals surface area (Å²) in [5.41, 5.74) is 5.83. The van der Waals surface area contributed by atoms with Gasteiger partial charge in [0.2, 0.25) is 5.88 Å². The van der Waals surface area contributed by atoms with Crippen molar-refractivity contribution in [3.05, 3.63) is 107 Å². The van der Waals surface area contributed by atoms with Gasteiger partial charge in [0, 0.05) is 34.3 Å². The van der Waals surface area contributed by atoms with Crippen LogP contribution in [0.5, 0.6) is 0 Å². The molecule has 0 radical (unpaired) electrons. The van der Waals surface area contributed by atoms with E-state index in [-0.39, 0.29) is 11.8 Å². The van der Waals surface area contributed by atoms with E-state index in [1.807, 2.05) is 56.4 Å². The van der Waals surface area contributed by atoms with Crippen LogP contribution in [-0.4, -0.2) is 16.4 Å². The van der Waals surface area contributed by atoms with E-state index in [9.17, 15) is 9.59 Å². The second-order valence-electron chi connectivity index (χ2n) is 8.05. The minimum absolute atomic E-state index is 0.150. The number of carbonyl (C=O) groups is 2. The Labute approximate surface area is 186 Å². The summed E-state index contributed by atoms with van der Waals surface area (Å²) in [4.78, 5) is 27.7. The molecule has 32 heavy (non-hydrogen) atoms. The molecule has 2 amide bonds. The molecular weight excluding hydrogens is 402 g/mol. The van der Waals surface area contributed by atoms with Crippen LogP contribution < -0.4 is 10.2 Å².